The van der Waals surface area contributed by atoms with E-state index in [9.17, 15) is 13.2 Å². The van der Waals surface area contributed by atoms with E-state index in [1.165, 1.54) is 35.9 Å². The van der Waals surface area contributed by atoms with Crippen molar-refractivity contribution in [2.75, 3.05) is 10.0 Å². The van der Waals surface area contributed by atoms with Crippen LogP contribution in [0.2, 0.25) is 10.0 Å². The summed E-state index contributed by atoms with van der Waals surface area (Å²) >= 11 is 11.8. The van der Waals surface area contributed by atoms with Gasteiger partial charge in [-0.1, -0.05) is 54.4 Å². The van der Waals surface area contributed by atoms with Gasteiger partial charge in [0.25, 0.3) is 10.0 Å². The molecule has 0 saturated heterocycles. The smallest absolute Gasteiger partial charge is 0.261 e. The van der Waals surface area contributed by atoms with Crippen LogP contribution in [-0.4, -0.2) is 14.3 Å². The van der Waals surface area contributed by atoms with Crippen LogP contribution in [0.15, 0.2) is 71.6 Å². The fourth-order valence-corrected chi connectivity index (χ4v) is 4.53. The first kappa shape index (κ1) is 23.1. The van der Waals surface area contributed by atoms with E-state index in [0.29, 0.717) is 28.6 Å². The Morgan fingerprint density at radius 2 is 1.42 bits per heavy atom. The Bertz CT molecular complexity index is 1140. The minimum atomic E-state index is -3.82. The first-order chi connectivity index (χ1) is 14.7. The average molecular weight is 477 g/mol. The summed E-state index contributed by atoms with van der Waals surface area (Å²) in [6, 6.07) is 18.6. The number of anilines is 2. The quantitative estimate of drug-likeness (QED) is 0.423. The molecule has 162 valence electrons. The van der Waals surface area contributed by atoms with Gasteiger partial charge in [-0.05, 0) is 66.4 Å². The summed E-state index contributed by atoms with van der Waals surface area (Å²) in [6.45, 7) is 2.10. The van der Waals surface area contributed by atoms with Gasteiger partial charge in [0.2, 0.25) is 5.91 Å². The van der Waals surface area contributed by atoms with E-state index in [4.69, 9.17) is 23.2 Å². The monoisotopic (exact) mass is 476 g/mol. The predicted molar refractivity (Wildman–Crippen MR) is 126 cm³/mol. The molecule has 0 radical (unpaired) electrons. The van der Waals surface area contributed by atoms with E-state index in [-0.39, 0.29) is 16.5 Å². The number of rotatable bonds is 8. The molecule has 0 aliphatic rings. The zero-order chi connectivity index (χ0) is 22.4. The van der Waals surface area contributed by atoms with Crippen molar-refractivity contribution in [1.82, 2.24) is 0 Å². The minimum absolute atomic E-state index is 0.0533. The largest absolute Gasteiger partial charge is 0.326 e. The van der Waals surface area contributed by atoms with Gasteiger partial charge in [-0.15, -0.1) is 0 Å². The van der Waals surface area contributed by atoms with Gasteiger partial charge < -0.3 is 5.32 Å². The highest BCUT2D eigenvalue weighted by atomic mass is 35.5. The standard InChI is InChI=1S/C23H22Cl2N2O3S/c1-2-16-3-5-17(6-4-16)7-12-23(28)26-20-8-10-22(11-9-20)31(29,30)27-21-14-18(24)13-19(25)15-21/h3-6,8-11,13-15,27H,2,7,12H2,1H3,(H,26,28). The Morgan fingerprint density at radius 1 is 0.839 bits per heavy atom. The van der Waals surface area contributed by atoms with Gasteiger partial charge >= 0.3 is 0 Å². The molecule has 0 bridgehead atoms. The van der Waals surface area contributed by atoms with Crippen molar-refractivity contribution < 1.29 is 13.2 Å². The van der Waals surface area contributed by atoms with Crippen LogP contribution >= 0.6 is 23.2 Å². The third-order valence-electron chi connectivity index (χ3n) is 4.64. The lowest BCUT2D eigenvalue weighted by Gasteiger charge is -2.10. The zero-order valence-electron chi connectivity index (χ0n) is 16.9. The molecule has 5 nitrogen and oxygen atoms in total. The summed E-state index contributed by atoms with van der Waals surface area (Å²) in [5.41, 5.74) is 3.15. The number of carbonyl (C=O) groups excluding carboxylic acids is 1. The molecule has 0 aliphatic heterocycles. The van der Waals surface area contributed by atoms with Crippen molar-refractivity contribution in [3.63, 3.8) is 0 Å². The average Bonchev–Trinajstić information content (AvgIpc) is 2.72. The lowest BCUT2D eigenvalue weighted by Crippen LogP contribution is -2.14. The van der Waals surface area contributed by atoms with Crippen molar-refractivity contribution in [2.45, 2.75) is 31.1 Å². The number of carbonyl (C=O) groups is 1. The molecular weight excluding hydrogens is 455 g/mol. The molecule has 8 heteroatoms. The summed E-state index contributed by atoms with van der Waals surface area (Å²) in [4.78, 5) is 12.3. The summed E-state index contributed by atoms with van der Waals surface area (Å²) in [6.07, 6.45) is 1.95. The number of aryl methyl sites for hydroxylation is 2. The fraction of sp³-hybridized carbons (Fsp3) is 0.174. The van der Waals surface area contributed by atoms with E-state index < -0.39 is 10.0 Å². The van der Waals surface area contributed by atoms with Gasteiger partial charge in [-0.25, -0.2) is 8.42 Å². The van der Waals surface area contributed by atoms with E-state index in [1.807, 2.05) is 12.1 Å². The van der Waals surface area contributed by atoms with Crippen LogP contribution in [0.25, 0.3) is 0 Å². The molecule has 2 N–H and O–H groups in total. The molecule has 1 amide bonds. The summed E-state index contributed by atoms with van der Waals surface area (Å²) in [7, 11) is -3.82. The number of hydrogen-bond donors (Lipinski definition) is 2. The predicted octanol–water partition coefficient (Wildman–Crippen LogP) is 5.93. The second-order valence-electron chi connectivity index (χ2n) is 7.01. The van der Waals surface area contributed by atoms with E-state index in [0.717, 1.165) is 12.0 Å². The van der Waals surface area contributed by atoms with Crippen LogP contribution in [-0.2, 0) is 27.7 Å². The van der Waals surface area contributed by atoms with Crippen molar-refractivity contribution in [1.29, 1.82) is 0 Å². The highest BCUT2D eigenvalue weighted by Gasteiger charge is 2.15. The van der Waals surface area contributed by atoms with Gasteiger partial charge in [0.05, 0.1) is 10.6 Å². The molecular formula is C23H22Cl2N2O3S. The van der Waals surface area contributed by atoms with Crippen molar-refractivity contribution in [3.8, 4) is 0 Å². The van der Waals surface area contributed by atoms with E-state index in [2.05, 4.69) is 29.1 Å². The topological polar surface area (TPSA) is 75.3 Å². The number of nitrogens with one attached hydrogen (secondary N) is 2. The zero-order valence-corrected chi connectivity index (χ0v) is 19.2. The second kappa shape index (κ2) is 10.2. The van der Waals surface area contributed by atoms with Gasteiger partial charge in [0.15, 0.2) is 0 Å². The van der Waals surface area contributed by atoms with Crippen LogP contribution in [0.5, 0.6) is 0 Å². The van der Waals surface area contributed by atoms with Crippen molar-refractivity contribution in [2.24, 2.45) is 0 Å². The maximum atomic E-state index is 12.6. The molecule has 3 aromatic carbocycles. The molecule has 0 fully saturated rings. The van der Waals surface area contributed by atoms with Crippen LogP contribution in [0, 0.1) is 0 Å². The Hall–Kier alpha value is -2.54. The molecule has 31 heavy (non-hydrogen) atoms. The highest BCUT2D eigenvalue weighted by Crippen LogP contribution is 2.25. The number of benzene rings is 3. The molecule has 0 spiro atoms. The normalized spacial score (nSPS) is 11.2. The first-order valence-corrected chi connectivity index (χ1v) is 12.0. The van der Waals surface area contributed by atoms with Gasteiger partial charge in [-0.2, -0.15) is 0 Å². The molecule has 0 aliphatic carbocycles. The Morgan fingerprint density at radius 3 is 2.00 bits per heavy atom. The SMILES string of the molecule is CCc1ccc(CCC(=O)Nc2ccc(S(=O)(=O)Nc3cc(Cl)cc(Cl)c3)cc2)cc1. The lowest BCUT2D eigenvalue weighted by atomic mass is 10.1. The van der Waals surface area contributed by atoms with E-state index >= 15 is 0 Å². The molecule has 3 rings (SSSR count). The Balaban J connectivity index is 1.58. The number of halogens is 2. The van der Waals surface area contributed by atoms with Crippen LogP contribution in [0.3, 0.4) is 0 Å². The van der Waals surface area contributed by atoms with Crippen LogP contribution in [0.1, 0.15) is 24.5 Å². The third kappa shape index (κ3) is 6.72. The highest BCUT2D eigenvalue weighted by molar-refractivity contribution is 7.92. The Labute approximate surface area is 192 Å². The summed E-state index contributed by atoms with van der Waals surface area (Å²) in [5, 5.41) is 3.44. The lowest BCUT2D eigenvalue weighted by molar-refractivity contribution is -0.116. The van der Waals surface area contributed by atoms with Gasteiger partial charge in [0.1, 0.15) is 0 Å². The molecule has 0 aromatic heterocycles. The van der Waals surface area contributed by atoms with Crippen LogP contribution in [0.4, 0.5) is 11.4 Å². The van der Waals surface area contributed by atoms with Crippen molar-refractivity contribution >= 4 is 50.5 Å². The van der Waals surface area contributed by atoms with E-state index in [1.54, 1.807) is 12.1 Å². The third-order valence-corrected chi connectivity index (χ3v) is 6.47. The molecule has 3 aromatic rings. The Kier molecular flexibility index (Phi) is 7.59. The molecule has 0 heterocycles. The molecule has 0 saturated carbocycles. The first-order valence-electron chi connectivity index (χ1n) is 9.72. The second-order valence-corrected chi connectivity index (χ2v) is 9.56. The fourth-order valence-electron chi connectivity index (χ4n) is 2.97. The molecule has 0 atom stereocenters. The summed E-state index contributed by atoms with van der Waals surface area (Å²) < 4.78 is 27.6. The number of sulfonamides is 1. The van der Waals surface area contributed by atoms with Gasteiger partial charge in [-0.3, -0.25) is 9.52 Å². The molecule has 0 unspecified atom stereocenters. The maximum absolute atomic E-state index is 12.6. The van der Waals surface area contributed by atoms with Gasteiger partial charge in [0, 0.05) is 22.2 Å². The number of hydrogen-bond acceptors (Lipinski definition) is 3. The maximum Gasteiger partial charge on any atom is 0.261 e. The summed E-state index contributed by atoms with van der Waals surface area (Å²) in [5.74, 6) is -0.137. The van der Waals surface area contributed by atoms with Crippen molar-refractivity contribution in [3.05, 3.63) is 87.9 Å². The minimum Gasteiger partial charge on any atom is -0.326 e. The van der Waals surface area contributed by atoms with Crippen LogP contribution < -0.4 is 10.0 Å². The number of amides is 1.